The summed E-state index contributed by atoms with van der Waals surface area (Å²) in [7, 11) is 0. The molecule has 9 nitrogen and oxygen atoms in total. The second kappa shape index (κ2) is 14.1. The van der Waals surface area contributed by atoms with Crippen LogP contribution in [0.15, 0.2) is 48.5 Å². The molecule has 1 fully saturated rings. The van der Waals surface area contributed by atoms with Crippen LogP contribution in [0, 0.1) is 0 Å². The second-order valence-corrected chi connectivity index (χ2v) is 10.5. The molecule has 0 bridgehead atoms. The number of unbranched alkanes of at least 4 members (excludes halogenated alkanes) is 2. The lowest BCUT2D eigenvalue weighted by atomic mass is 9.98. The van der Waals surface area contributed by atoms with Gasteiger partial charge >= 0.3 is 12.1 Å². The van der Waals surface area contributed by atoms with Gasteiger partial charge in [0.15, 0.2) is 0 Å². The summed E-state index contributed by atoms with van der Waals surface area (Å²) in [5.74, 6) is -0.621. The minimum atomic E-state index is -0.472. The molecular weight excluding hydrogens is 512 g/mol. The average Bonchev–Trinajstić information content (AvgIpc) is 3.51. The van der Waals surface area contributed by atoms with Gasteiger partial charge in [0.1, 0.15) is 18.5 Å². The Morgan fingerprint density at radius 2 is 1.68 bits per heavy atom. The molecule has 9 heteroatoms. The van der Waals surface area contributed by atoms with Gasteiger partial charge in [0, 0.05) is 31.7 Å². The van der Waals surface area contributed by atoms with Gasteiger partial charge in [-0.3, -0.25) is 9.59 Å². The van der Waals surface area contributed by atoms with E-state index in [-0.39, 0.29) is 56.3 Å². The number of fused-ring (bicyclic) bond motifs is 3. The summed E-state index contributed by atoms with van der Waals surface area (Å²) in [5, 5.41) is 7.32. The fourth-order valence-corrected chi connectivity index (χ4v) is 5.51. The van der Waals surface area contributed by atoms with Crippen LogP contribution in [0.25, 0.3) is 11.1 Å². The van der Waals surface area contributed by atoms with Crippen molar-refractivity contribution in [3.63, 3.8) is 0 Å². The highest BCUT2D eigenvalue weighted by Crippen LogP contribution is 2.44. The highest BCUT2D eigenvalue weighted by Gasteiger charge is 2.36. The van der Waals surface area contributed by atoms with Gasteiger partial charge in [-0.15, -0.1) is 0 Å². The third-order valence-electron chi connectivity index (χ3n) is 7.55. The van der Waals surface area contributed by atoms with E-state index in [0.29, 0.717) is 32.2 Å². The predicted octanol–water partition coefficient (Wildman–Crippen LogP) is 3.96. The van der Waals surface area contributed by atoms with Crippen LogP contribution in [0.2, 0.25) is 0 Å². The lowest BCUT2D eigenvalue weighted by Crippen LogP contribution is -2.38. The maximum absolute atomic E-state index is 12.8. The molecular formula is C31H38N2O7. The Balaban J connectivity index is 1.13. The molecule has 1 aliphatic carbocycles. The highest BCUT2D eigenvalue weighted by atomic mass is 16.6. The quantitative estimate of drug-likeness (QED) is 0.269. The van der Waals surface area contributed by atoms with E-state index in [0.717, 1.165) is 17.5 Å². The van der Waals surface area contributed by atoms with E-state index in [9.17, 15) is 19.2 Å². The second-order valence-electron chi connectivity index (χ2n) is 10.5. The first-order valence-electron chi connectivity index (χ1n) is 14.4. The van der Waals surface area contributed by atoms with Crippen LogP contribution in [-0.4, -0.2) is 73.6 Å². The van der Waals surface area contributed by atoms with E-state index in [1.54, 1.807) is 4.90 Å². The Kier molecular flexibility index (Phi) is 9.79. The van der Waals surface area contributed by atoms with E-state index >= 15 is 0 Å². The number of hydrogen-bond donors (Lipinski definition) is 2. The molecule has 2 aliphatic rings. The predicted molar refractivity (Wildman–Crippen MR) is 149 cm³/mol. The number of nitrogens with one attached hydrogen (secondary N) is 1. The monoisotopic (exact) mass is 551 g/mol. The van der Waals surface area contributed by atoms with Crippen LogP contribution < -0.4 is 5.32 Å². The van der Waals surface area contributed by atoms with Gasteiger partial charge in [-0.25, -0.2) is 4.79 Å². The van der Waals surface area contributed by atoms with Crippen molar-refractivity contribution in [2.45, 2.75) is 69.9 Å². The minimum Gasteiger partial charge on any atom is -0.460 e. The van der Waals surface area contributed by atoms with Gasteiger partial charge in [0.05, 0.1) is 25.6 Å². The molecule has 1 aliphatic heterocycles. The summed E-state index contributed by atoms with van der Waals surface area (Å²) < 4.78 is 18.1. The molecule has 214 valence electrons. The van der Waals surface area contributed by atoms with E-state index in [1.165, 1.54) is 18.1 Å². The van der Waals surface area contributed by atoms with Crippen LogP contribution in [0.5, 0.6) is 0 Å². The zero-order chi connectivity index (χ0) is 29.2. The standard InChI is InChI=1S/C31H38N2O7/c1-21(35)14-15-30(37)40-23-17-22(19-34)33(18-23)29(36)13-3-2-8-16-32-31(38)39-20-28-26-11-6-4-9-24(26)25-10-5-7-12-27(25)28/h4-7,9-12,22-23,28,34H,2-3,8,13-20H2,1H3,(H,32,38)/t22-,23+/m0/s1/i34D. The molecule has 0 spiro atoms. The summed E-state index contributed by atoms with van der Waals surface area (Å²) in [6.45, 7) is 2.42. The normalized spacial score (nSPS) is 18.0. The zero-order valence-electron chi connectivity index (χ0n) is 23.9. The molecule has 1 saturated heterocycles. The van der Waals surface area contributed by atoms with Crippen molar-refractivity contribution in [2.24, 2.45) is 0 Å². The smallest absolute Gasteiger partial charge is 0.407 e. The summed E-state index contributed by atoms with van der Waals surface area (Å²) in [6.07, 6.45) is 2.01. The van der Waals surface area contributed by atoms with E-state index in [2.05, 4.69) is 34.7 Å². The SMILES string of the molecule is [2H]OC[C@@H]1C[C@@H](OC(=O)CCC(C)=O)CN1C(=O)CCCCCNC(=O)OCC1c2ccccc2-c2ccccc21. The minimum absolute atomic E-state index is 0.0117. The van der Waals surface area contributed by atoms with Crippen molar-refractivity contribution in [3.8, 4) is 11.1 Å². The van der Waals surface area contributed by atoms with Gasteiger partial charge in [-0.2, -0.15) is 0 Å². The summed E-state index contributed by atoms with van der Waals surface area (Å²) in [6, 6.07) is 16.1. The molecule has 40 heavy (non-hydrogen) atoms. The molecule has 2 aromatic carbocycles. The summed E-state index contributed by atoms with van der Waals surface area (Å²) in [4.78, 5) is 49.9. The Bertz CT molecular complexity index is 1190. The molecule has 1 heterocycles. The largest absolute Gasteiger partial charge is 0.460 e. The highest BCUT2D eigenvalue weighted by molar-refractivity contribution is 5.81. The Morgan fingerprint density at radius 1 is 0.975 bits per heavy atom. The Hall–Kier alpha value is -3.72. The fourth-order valence-electron chi connectivity index (χ4n) is 5.51. The van der Waals surface area contributed by atoms with E-state index in [4.69, 9.17) is 10.9 Å². The Labute approximate surface area is 236 Å². The number of ether oxygens (including phenoxy) is 2. The third-order valence-corrected chi connectivity index (χ3v) is 7.55. The first-order chi connectivity index (χ1) is 19.9. The third kappa shape index (κ3) is 7.47. The molecule has 2 amide bonds. The first-order valence-corrected chi connectivity index (χ1v) is 14.0. The van der Waals surface area contributed by atoms with E-state index < -0.39 is 18.2 Å². The fraction of sp³-hybridized carbons (Fsp3) is 0.484. The molecule has 2 atom stereocenters. The molecule has 0 radical (unpaired) electrons. The number of Topliss-reactive ketones (excluding diaryl/α,β-unsaturated/α-hetero) is 1. The van der Waals surface area contributed by atoms with Gasteiger partial charge in [0.2, 0.25) is 7.34 Å². The number of benzene rings is 2. The topological polar surface area (TPSA) is 122 Å². The van der Waals surface area contributed by atoms with Crippen LogP contribution in [0.1, 0.15) is 68.9 Å². The number of alkyl carbamates (subject to hydrolysis) is 1. The van der Waals surface area contributed by atoms with Crippen molar-refractivity contribution in [3.05, 3.63) is 59.7 Å². The molecule has 0 saturated carbocycles. The van der Waals surface area contributed by atoms with Crippen molar-refractivity contribution in [1.29, 1.82) is 1.43 Å². The number of nitrogens with zero attached hydrogens (tertiary/aromatic N) is 1. The number of carbonyl (C=O) groups is 4. The number of aliphatic hydroxyl groups is 1. The van der Waals surface area contributed by atoms with Crippen LogP contribution in [-0.2, 0) is 23.9 Å². The average molecular weight is 552 g/mol. The maximum Gasteiger partial charge on any atom is 0.407 e. The van der Waals surface area contributed by atoms with Crippen molar-refractivity contribution >= 4 is 23.8 Å². The number of hydrogen-bond acceptors (Lipinski definition) is 7. The van der Waals surface area contributed by atoms with Gasteiger partial charge in [-0.1, -0.05) is 55.0 Å². The maximum atomic E-state index is 12.8. The van der Waals surface area contributed by atoms with Crippen molar-refractivity contribution in [2.75, 3.05) is 26.3 Å². The van der Waals surface area contributed by atoms with Gasteiger partial charge < -0.3 is 29.6 Å². The zero-order valence-corrected chi connectivity index (χ0v) is 22.9. The van der Waals surface area contributed by atoms with Crippen LogP contribution in [0.3, 0.4) is 0 Å². The lowest BCUT2D eigenvalue weighted by molar-refractivity contribution is -0.150. The number of rotatable bonds is 14. The van der Waals surface area contributed by atoms with Crippen molar-refractivity contribution in [1.82, 2.24) is 10.2 Å². The number of amides is 2. The Morgan fingerprint density at radius 3 is 2.35 bits per heavy atom. The number of carbonyl (C=O) groups excluding carboxylic acids is 4. The van der Waals surface area contributed by atoms with Crippen molar-refractivity contribution < 1.29 is 33.8 Å². The molecule has 2 aromatic rings. The molecule has 0 unspecified atom stereocenters. The van der Waals surface area contributed by atoms with E-state index in [1.807, 2.05) is 24.3 Å². The molecule has 4 rings (SSSR count). The molecule has 2 N–H and O–H groups in total. The lowest BCUT2D eigenvalue weighted by Gasteiger charge is -2.22. The number of likely N-dealkylation sites (tertiary alicyclic amines) is 1. The number of ketones is 1. The number of esters is 1. The van der Waals surface area contributed by atoms with Gasteiger partial charge in [-0.05, 0) is 42.0 Å². The van der Waals surface area contributed by atoms with Gasteiger partial charge in [0.25, 0.3) is 0 Å². The first kappa shape index (κ1) is 27.8. The summed E-state index contributed by atoms with van der Waals surface area (Å²) >= 11 is 0. The van der Waals surface area contributed by atoms with Crippen LogP contribution in [0.4, 0.5) is 4.79 Å². The number of aliphatic hydroxyl groups excluding tert-OH is 1. The molecule has 0 aromatic heterocycles. The summed E-state index contributed by atoms with van der Waals surface area (Å²) in [5.41, 5.74) is 4.69. The van der Waals surface area contributed by atoms with Crippen LogP contribution >= 0.6 is 0 Å².